The highest BCUT2D eigenvalue weighted by Crippen LogP contribution is 2.25. The highest BCUT2D eigenvalue weighted by Gasteiger charge is 2.23. The largest absolute Gasteiger partial charge is 0.384 e. The van der Waals surface area contributed by atoms with E-state index in [0.717, 1.165) is 48.7 Å². The number of hydrogen-bond donors (Lipinski definition) is 2. The normalized spacial score (nSPS) is 16.4. The molecule has 1 aromatic heterocycles. The summed E-state index contributed by atoms with van der Waals surface area (Å²) in [7, 11) is 2.03. The zero-order valence-electron chi connectivity index (χ0n) is 11.9. The van der Waals surface area contributed by atoms with Crippen molar-refractivity contribution < 1.29 is 4.74 Å². The predicted molar refractivity (Wildman–Crippen MR) is 77.0 cm³/mol. The number of ether oxygens (including phenoxy) is 1. The Hall–Kier alpha value is -1.62. The van der Waals surface area contributed by atoms with Crippen molar-refractivity contribution in [2.75, 3.05) is 25.2 Å². The molecule has 0 aromatic carbocycles. The molecule has 0 amide bonds. The van der Waals surface area contributed by atoms with Crippen molar-refractivity contribution >= 4 is 11.7 Å². The number of anilines is 1. The van der Waals surface area contributed by atoms with E-state index in [2.05, 4.69) is 9.88 Å². The van der Waals surface area contributed by atoms with Gasteiger partial charge in [0.1, 0.15) is 11.7 Å². The first-order valence-electron chi connectivity index (χ1n) is 6.64. The molecule has 3 N–H and O–H groups in total. The fourth-order valence-electron chi connectivity index (χ4n) is 2.65. The van der Waals surface area contributed by atoms with Crippen LogP contribution in [0.1, 0.15) is 29.7 Å². The number of nitrogens with two attached hydrogens (primary N) is 1. The topological polar surface area (TPSA) is 75.2 Å². The molecule has 1 aliphatic rings. The Morgan fingerprint density at radius 1 is 1.42 bits per heavy atom. The number of rotatable bonds is 3. The van der Waals surface area contributed by atoms with Gasteiger partial charge in [-0.15, -0.1) is 0 Å². The molecule has 0 radical (unpaired) electrons. The fourth-order valence-corrected chi connectivity index (χ4v) is 2.65. The highest BCUT2D eigenvalue weighted by atomic mass is 16.5. The minimum atomic E-state index is 0.0823. The van der Waals surface area contributed by atoms with Crippen LogP contribution >= 0.6 is 0 Å². The maximum absolute atomic E-state index is 7.78. The lowest BCUT2D eigenvalue weighted by molar-refractivity contribution is 0.0853. The van der Waals surface area contributed by atoms with Crippen LogP contribution in [0.3, 0.4) is 0 Å². The highest BCUT2D eigenvalue weighted by molar-refractivity contribution is 6.01. The Labute approximate surface area is 114 Å². The second kappa shape index (κ2) is 5.57. The third-order valence-corrected chi connectivity index (χ3v) is 3.67. The summed E-state index contributed by atoms with van der Waals surface area (Å²) in [6.07, 6.45) is 1.98. The molecule has 5 heteroatoms. The second-order valence-electron chi connectivity index (χ2n) is 5.15. The van der Waals surface area contributed by atoms with Crippen LogP contribution in [-0.4, -0.2) is 37.1 Å². The SMILES string of the molecule is Cc1cc(C)c(C(=N)N)c(N(C)C2CCOCC2)n1. The molecule has 1 aromatic rings. The molecule has 2 rings (SSSR count). The summed E-state index contributed by atoms with van der Waals surface area (Å²) in [5, 5.41) is 7.78. The second-order valence-corrected chi connectivity index (χ2v) is 5.15. The first kappa shape index (κ1) is 13.8. The lowest BCUT2D eigenvalue weighted by Crippen LogP contribution is -2.38. The number of nitrogens with zero attached hydrogens (tertiary/aromatic N) is 2. The van der Waals surface area contributed by atoms with E-state index in [9.17, 15) is 0 Å². The molecule has 0 bridgehead atoms. The number of aryl methyl sites for hydroxylation is 2. The zero-order valence-corrected chi connectivity index (χ0v) is 11.9. The molecule has 0 unspecified atom stereocenters. The van der Waals surface area contributed by atoms with Gasteiger partial charge in [-0.1, -0.05) is 0 Å². The van der Waals surface area contributed by atoms with E-state index >= 15 is 0 Å². The van der Waals surface area contributed by atoms with E-state index in [-0.39, 0.29) is 5.84 Å². The molecule has 1 saturated heterocycles. The van der Waals surface area contributed by atoms with Gasteiger partial charge < -0.3 is 15.4 Å². The van der Waals surface area contributed by atoms with Gasteiger partial charge in [0.15, 0.2) is 0 Å². The summed E-state index contributed by atoms with van der Waals surface area (Å²) >= 11 is 0. The molecule has 19 heavy (non-hydrogen) atoms. The van der Waals surface area contributed by atoms with Gasteiger partial charge in [0, 0.05) is 32.0 Å². The molecule has 0 spiro atoms. The van der Waals surface area contributed by atoms with Gasteiger partial charge in [-0.05, 0) is 38.3 Å². The van der Waals surface area contributed by atoms with Crippen molar-refractivity contribution in [3.63, 3.8) is 0 Å². The number of amidine groups is 1. The van der Waals surface area contributed by atoms with E-state index in [1.165, 1.54) is 0 Å². The molecular formula is C14H22N4O. The molecule has 1 fully saturated rings. The van der Waals surface area contributed by atoms with E-state index in [0.29, 0.717) is 6.04 Å². The number of nitrogen functional groups attached to an aromatic ring is 1. The van der Waals surface area contributed by atoms with Crippen LogP contribution in [0.4, 0.5) is 5.82 Å². The van der Waals surface area contributed by atoms with Crippen molar-refractivity contribution in [2.45, 2.75) is 32.7 Å². The molecular weight excluding hydrogens is 240 g/mol. The minimum Gasteiger partial charge on any atom is -0.384 e. The maximum atomic E-state index is 7.78. The first-order valence-corrected chi connectivity index (χ1v) is 6.64. The van der Waals surface area contributed by atoms with Gasteiger partial charge in [0.25, 0.3) is 0 Å². The van der Waals surface area contributed by atoms with Crippen molar-refractivity contribution in [1.29, 1.82) is 5.41 Å². The summed E-state index contributed by atoms with van der Waals surface area (Å²) < 4.78 is 5.40. The Morgan fingerprint density at radius 2 is 2.05 bits per heavy atom. The van der Waals surface area contributed by atoms with E-state index in [4.69, 9.17) is 15.9 Å². The lowest BCUT2D eigenvalue weighted by atomic mass is 10.0. The van der Waals surface area contributed by atoms with Crippen LogP contribution in [0.2, 0.25) is 0 Å². The smallest absolute Gasteiger partial charge is 0.140 e. The zero-order chi connectivity index (χ0) is 14.0. The van der Waals surface area contributed by atoms with E-state index in [1.807, 2.05) is 27.0 Å². The van der Waals surface area contributed by atoms with Gasteiger partial charge in [-0.25, -0.2) is 4.98 Å². The Balaban J connectivity index is 2.39. The van der Waals surface area contributed by atoms with Gasteiger partial charge in [0.2, 0.25) is 0 Å². The van der Waals surface area contributed by atoms with E-state index in [1.54, 1.807) is 0 Å². The summed E-state index contributed by atoms with van der Waals surface area (Å²) in [5.74, 6) is 0.899. The van der Waals surface area contributed by atoms with Crippen LogP contribution in [0, 0.1) is 19.3 Å². The van der Waals surface area contributed by atoms with Crippen molar-refractivity contribution in [2.24, 2.45) is 5.73 Å². The molecule has 1 aliphatic heterocycles. The molecule has 2 heterocycles. The standard InChI is InChI=1S/C14H22N4O/c1-9-8-10(2)17-14(12(9)13(15)16)18(3)11-4-6-19-7-5-11/h8,11H,4-7H2,1-3H3,(H3,15,16). The Morgan fingerprint density at radius 3 is 2.63 bits per heavy atom. The molecule has 0 aliphatic carbocycles. The van der Waals surface area contributed by atoms with Crippen LogP contribution in [-0.2, 0) is 4.74 Å². The number of aromatic nitrogens is 1. The van der Waals surface area contributed by atoms with Crippen molar-refractivity contribution in [1.82, 2.24) is 4.98 Å². The summed E-state index contributed by atoms with van der Waals surface area (Å²) in [4.78, 5) is 6.75. The van der Waals surface area contributed by atoms with E-state index < -0.39 is 0 Å². The fraction of sp³-hybridized carbons (Fsp3) is 0.571. The number of nitrogens with one attached hydrogen (secondary N) is 1. The molecule has 104 valence electrons. The number of pyridine rings is 1. The van der Waals surface area contributed by atoms with Gasteiger partial charge >= 0.3 is 0 Å². The minimum absolute atomic E-state index is 0.0823. The average Bonchev–Trinajstić information content (AvgIpc) is 2.37. The third kappa shape index (κ3) is 2.87. The van der Waals surface area contributed by atoms with Crippen LogP contribution in [0.25, 0.3) is 0 Å². The van der Waals surface area contributed by atoms with Crippen LogP contribution in [0.5, 0.6) is 0 Å². The quantitative estimate of drug-likeness (QED) is 0.641. The van der Waals surface area contributed by atoms with Crippen LogP contribution < -0.4 is 10.6 Å². The Kier molecular flexibility index (Phi) is 4.04. The van der Waals surface area contributed by atoms with Crippen LogP contribution in [0.15, 0.2) is 6.07 Å². The predicted octanol–water partition coefficient (Wildman–Crippen LogP) is 1.60. The maximum Gasteiger partial charge on any atom is 0.140 e. The monoisotopic (exact) mass is 262 g/mol. The van der Waals surface area contributed by atoms with Crippen molar-refractivity contribution in [3.05, 3.63) is 22.9 Å². The molecule has 0 saturated carbocycles. The Bertz CT molecular complexity index is 481. The van der Waals surface area contributed by atoms with Gasteiger partial charge in [-0.3, -0.25) is 5.41 Å². The summed E-state index contributed by atoms with van der Waals surface area (Å²) in [5.41, 5.74) is 8.44. The first-order chi connectivity index (χ1) is 9.00. The van der Waals surface area contributed by atoms with Gasteiger partial charge in [0.05, 0.1) is 5.56 Å². The molecule has 5 nitrogen and oxygen atoms in total. The third-order valence-electron chi connectivity index (χ3n) is 3.67. The van der Waals surface area contributed by atoms with Crippen molar-refractivity contribution in [3.8, 4) is 0 Å². The summed E-state index contributed by atoms with van der Waals surface area (Å²) in [6, 6.07) is 2.37. The lowest BCUT2D eigenvalue weighted by Gasteiger charge is -2.33. The van der Waals surface area contributed by atoms with Gasteiger partial charge in [-0.2, -0.15) is 0 Å². The average molecular weight is 262 g/mol. The number of hydrogen-bond acceptors (Lipinski definition) is 4. The summed E-state index contributed by atoms with van der Waals surface area (Å²) in [6.45, 7) is 5.52. The molecule has 0 atom stereocenters.